The highest BCUT2D eigenvalue weighted by molar-refractivity contribution is 5.95. The molecule has 1 aliphatic rings. The fourth-order valence-electron chi connectivity index (χ4n) is 2.84. The van der Waals surface area contributed by atoms with Crippen LogP contribution in [-0.2, 0) is 9.59 Å². The van der Waals surface area contributed by atoms with Crippen molar-refractivity contribution in [1.29, 1.82) is 0 Å². The molecule has 0 saturated heterocycles. The Bertz CT molecular complexity index is 837. The molecule has 0 fully saturated rings. The average molecular weight is 370 g/mol. The lowest BCUT2D eigenvalue weighted by Crippen LogP contribution is -2.32. The van der Waals surface area contributed by atoms with Crippen molar-refractivity contribution >= 4 is 23.2 Å². The van der Waals surface area contributed by atoms with Crippen LogP contribution < -0.4 is 24.4 Å². The molecule has 0 saturated carbocycles. The summed E-state index contributed by atoms with van der Waals surface area (Å²) >= 11 is 0. The van der Waals surface area contributed by atoms with Crippen LogP contribution in [0.25, 0.3) is 0 Å². The van der Waals surface area contributed by atoms with Crippen molar-refractivity contribution < 1.29 is 23.8 Å². The highest BCUT2D eigenvalue weighted by Gasteiger charge is 2.18. The van der Waals surface area contributed by atoms with Crippen molar-refractivity contribution in [3.63, 3.8) is 0 Å². The van der Waals surface area contributed by atoms with Crippen molar-refractivity contribution in [3.8, 4) is 17.2 Å². The zero-order valence-electron chi connectivity index (χ0n) is 15.4. The van der Waals surface area contributed by atoms with Gasteiger partial charge in [-0.3, -0.25) is 9.59 Å². The van der Waals surface area contributed by atoms with Gasteiger partial charge in [0.25, 0.3) is 0 Å². The molecule has 2 amide bonds. The minimum atomic E-state index is -0.205. The molecule has 1 N–H and O–H groups in total. The second kappa shape index (κ2) is 8.44. The summed E-state index contributed by atoms with van der Waals surface area (Å²) < 4.78 is 16.3. The number of benzene rings is 2. The van der Waals surface area contributed by atoms with Crippen LogP contribution >= 0.6 is 0 Å². The summed E-state index contributed by atoms with van der Waals surface area (Å²) in [4.78, 5) is 25.9. The molecule has 7 heteroatoms. The number of hydrogen-bond donors (Lipinski definition) is 1. The molecule has 0 unspecified atom stereocenters. The molecule has 0 aliphatic carbocycles. The standard InChI is InChI=1S/C20H22N2O5/c1-14(23)22(15-7-8-18-19(13-15)27-12-11-26-18)10-9-20(24)21-16-5-3-4-6-17(16)25-2/h3-8,13H,9-12H2,1-2H3,(H,21,24). The van der Waals surface area contributed by atoms with Crippen LogP contribution in [0, 0.1) is 0 Å². The van der Waals surface area contributed by atoms with E-state index in [0.29, 0.717) is 41.8 Å². The number of rotatable bonds is 6. The lowest BCUT2D eigenvalue weighted by molar-refractivity contribution is -0.117. The third-order valence-corrected chi connectivity index (χ3v) is 4.16. The van der Waals surface area contributed by atoms with E-state index in [-0.39, 0.29) is 24.8 Å². The van der Waals surface area contributed by atoms with Gasteiger partial charge in [0.2, 0.25) is 11.8 Å². The van der Waals surface area contributed by atoms with Crippen molar-refractivity contribution in [2.24, 2.45) is 0 Å². The molecule has 0 atom stereocenters. The monoisotopic (exact) mass is 370 g/mol. The van der Waals surface area contributed by atoms with Crippen molar-refractivity contribution in [1.82, 2.24) is 0 Å². The molecule has 7 nitrogen and oxygen atoms in total. The second-order valence-electron chi connectivity index (χ2n) is 6.00. The Morgan fingerprint density at radius 2 is 1.85 bits per heavy atom. The zero-order valence-corrected chi connectivity index (χ0v) is 15.4. The van der Waals surface area contributed by atoms with E-state index in [1.807, 2.05) is 12.1 Å². The van der Waals surface area contributed by atoms with Crippen molar-refractivity contribution in [2.75, 3.05) is 37.1 Å². The Morgan fingerprint density at radius 1 is 1.11 bits per heavy atom. The van der Waals surface area contributed by atoms with Gasteiger partial charge in [-0.25, -0.2) is 0 Å². The van der Waals surface area contributed by atoms with Crippen LogP contribution in [0.15, 0.2) is 42.5 Å². The Hall–Kier alpha value is -3.22. The molecule has 27 heavy (non-hydrogen) atoms. The van der Waals surface area contributed by atoms with E-state index in [0.717, 1.165) is 0 Å². The maximum absolute atomic E-state index is 12.3. The molecule has 0 radical (unpaired) electrons. The third kappa shape index (κ3) is 4.49. The smallest absolute Gasteiger partial charge is 0.226 e. The minimum Gasteiger partial charge on any atom is -0.495 e. The summed E-state index contributed by atoms with van der Waals surface area (Å²) in [5.74, 6) is 1.48. The molecule has 2 aromatic carbocycles. The predicted molar refractivity (Wildman–Crippen MR) is 102 cm³/mol. The molecule has 1 aliphatic heterocycles. The Morgan fingerprint density at radius 3 is 2.59 bits per heavy atom. The van der Waals surface area contributed by atoms with Gasteiger partial charge in [0.1, 0.15) is 19.0 Å². The van der Waals surface area contributed by atoms with Gasteiger partial charge >= 0.3 is 0 Å². The second-order valence-corrected chi connectivity index (χ2v) is 6.00. The number of nitrogens with one attached hydrogen (secondary N) is 1. The fraction of sp³-hybridized carbons (Fsp3) is 0.300. The topological polar surface area (TPSA) is 77.1 Å². The minimum absolute atomic E-state index is 0.145. The predicted octanol–water partition coefficient (Wildman–Crippen LogP) is 2.85. The average Bonchev–Trinajstić information content (AvgIpc) is 2.68. The number of anilines is 2. The summed E-state index contributed by atoms with van der Waals surface area (Å²) in [7, 11) is 1.55. The van der Waals surface area contributed by atoms with E-state index in [2.05, 4.69) is 5.32 Å². The van der Waals surface area contributed by atoms with E-state index in [4.69, 9.17) is 14.2 Å². The normalized spacial score (nSPS) is 12.2. The summed E-state index contributed by atoms with van der Waals surface area (Å²) in [5.41, 5.74) is 1.26. The molecule has 3 rings (SSSR count). The van der Waals surface area contributed by atoms with Crippen molar-refractivity contribution in [3.05, 3.63) is 42.5 Å². The highest BCUT2D eigenvalue weighted by atomic mass is 16.6. The van der Waals surface area contributed by atoms with Gasteiger partial charge < -0.3 is 24.4 Å². The fourth-order valence-corrected chi connectivity index (χ4v) is 2.84. The zero-order chi connectivity index (χ0) is 19.2. The van der Waals surface area contributed by atoms with E-state index >= 15 is 0 Å². The maximum Gasteiger partial charge on any atom is 0.226 e. The number of fused-ring (bicyclic) bond motifs is 1. The first-order valence-electron chi connectivity index (χ1n) is 8.69. The first-order chi connectivity index (χ1) is 13.1. The van der Waals surface area contributed by atoms with Gasteiger partial charge in [0, 0.05) is 31.6 Å². The van der Waals surface area contributed by atoms with Crippen molar-refractivity contribution in [2.45, 2.75) is 13.3 Å². The SMILES string of the molecule is COc1ccccc1NC(=O)CCN(C(C)=O)c1ccc2c(c1)OCCO2. The molecular formula is C20H22N2O5. The molecule has 0 aromatic heterocycles. The molecule has 0 spiro atoms. The number of hydrogen-bond acceptors (Lipinski definition) is 5. The van der Waals surface area contributed by atoms with E-state index in [9.17, 15) is 9.59 Å². The lowest BCUT2D eigenvalue weighted by atomic mass is 10.2. The first kappa shape index (κ1) is 18.6. The van der Waals surface area contributed by atoms with E-state index < -0.39 is 0 Å². The molecular weight excluding hydrogens is 348 g/mol. The molecule has 142 valence electrons. The van der Waals surface area contributed by atoms with E-state index in [1.165, 1.54) is 6.92 Å². The quantitative estimate of drug-likeness (QED) is 0.846. The van der Waals surface area contributed by atoms with Gasteiger partial charge in [0.05, 0.1) is 12.8 Å². The summed E-state index contributed by atoms with van der Waals surface area (Å²) in [6.07, 6.45) is 0.145. The Balaban J connectivity index is 1.66. The number of methoxy groups -OCH3 is 1. The number of carbonyl (C=O) groups excluding carboxylic acids is 2. The van der Waals surface area contributed by atoms with E-state index in [1.54, 1.807) is 42.3 Å². The first-order valence-corrected chi connectivity index (χ1v) is 8.69. The highest BCUT2D eigenvalue weighted by Crippen LogP contribution is 2.34. The Labute approximate surface area is 157 Å². The molecule has 2 aromatic rings. The van der Waals surface area contributed by atoms with Gasteiger partial charge in [-0.15, -0.1) is 0 Å². The van der Waals surface area contributed by atoms with Crippen LogP contribution in [0.2, 0.25) is 0 Å². The summed E-state index contributed by atoms with van der Waals surface area (Å²) in [6, 6.07) is 12.5. The van der Waals surface area contributed by atoms with Crippen LogP contribution in [-0.4, -0.2) is 38.7 Å². The number of para-hydroxylation sites is 2. The number of ether oxygens (including phenoxy) is 3. The molecule has 1 heterocycles. The van der Waals surface area contributed by atoms with Crippen LogP contribution in [0.3, 0.4) is 0 Å². The van der Waals surface area contributed by atoms with Crippen LogP contribution in [0.5, 0.6) is 17.2 Å². The largest absolute Gasteiger partial charge is 0.495 e. The van der Waals surface area contributed by atoms with Gasteiger partial charge in [-0.05, 0) is 24.3 Å². The third-order valence-electron chi connectivity index (χ3n) is 4.16. The molecule has 0 bridgehead atoms. The van der Waals surface area contributed by atoms with Gasteiger partial charge in [-0.1, -0.05) is 12.1 Å². The Kier molecular flexibility index (Phi) is 5.80. The number of carbonyl (C=O) groups is 2. The summed E-state index contributed by atoms with van der Waals surface area (Å²) in [5, 5.41) is 2.81. The lowest BCUT2D eigenvalue weighted by Gasteiger charge is -2.24. The summed E-state index contributed by atoms with van der Waals surface area (Å²) in [6.45, 7) is 2.69. The number of amides is 2. The van der Waals surface area contributed by atoms with Crippen LogP contribution in [0.1, 0.15) is 13.3 Å². The van der Waals surface area contributed by atoms with Gasteiger partial charge in [0.15, 0.2) is 11.5 Å². The van der Waals surface area contributed by atoms with Crippen LogP contribution in [0.4, 0.5) is 11.4 Å². The number of nitrogens with zero attached hydrogens (tertiary/aromatic N) is 1. The maximum atomic E-state index is 12.3. The van der Waals surface area contributed by atoms with Gasteiger partial charge in [-0.2, -0.15) is 0 Å².